The maximum Gasteiger partial charge on any atom is 0.257 e. The first-order valence-corrected chi connectivity index (χ1v) is 7.13. The quantitative estimate of drug-likeness (QED) is 0.794. The molecule has 0 radical (unpaired) electrons. The van der Waals surface area contributed by atoms with Crippen LogP contribution < -0.4 is 0 Å². The van der Waals surface area contributed by atoms with Crippen molar-refractivity contribution < 1.29 is 9.18 Å². The van der Waals surface area contributed by atoms with Gasteiger partial charge in [-0.3, -0.25) is 4.79 Å². The van der Waals surface area contributed by atoms with Crippen LogP contribution >= 0.6 is 11.6 Å². The van der Waals surface area contributed by atoms with Crippen LogP contribution in [-0.4, -0.2) is 28.4 Å². The molecule has 19 heavy (non-hydrogen) atoms. The van der Waals surface area contributed by atoms with E-state index in [-0.39, 0.29) is 22.7 Å². The van der Waals surface area contributed by atoms with Crippen LogP contribution in [0.2, 0.25) is 5.15 Å². The first-order valence-electron chi connectivity index (χ1n) is 6.75. The van der Waals surface area contributed by atoms with Crippen molar-refractivity contribution in [1.82, 2.24) is 9.88 Å². The average Bonchev–Trinajstić information content (AvgIpc) is 2.42. The number of rotatable bonds is 3. The minimum Gasteiger partial charge on any atom is -0.336 e. The third kappa shape index (κ3) is 3.24. The molecule has 1 aromatic heterocycles. The standard InChI is InChI=1S/C14H18ClFN2O/c1-2-5-11-6-3-4-7-18(11)14(19)12-8-10(16)9-17-13(12)15/h8-9,11H,2-7H2,1H3. The topological polar surface area (TPSA) is 33.2 Å². The Morgan fingerprint density at radius 3 is 3.11 bits per heavy atom. The van der Waals surface area contributed by atoms with Gasteiger partial charge in [-0.25, -0.2) is 9.37 Å². The van der Waals surface area contributed by atoms with E-state index in [2.05, 4.69) is 11.9 Å². The van der Waals surface area contributed by atoms with Crippen molar-refractivity contribution in [3.05, 3.63) is 28.8 Å². The van der Waals surface area contributed by atoms with Gasteiger partial charge >= 0.3 is 0 Å². The Balaban J connectivity index is 2.23. The van der Waals surface area contributed by atoms with Gasteiger partial charge < -0.3 is 4.90 Å². The van der Waals surface area contributed by atoms with E-state index >= 15 is 0 Å². The van der Waals surface area contributed by atoms with Gasteiger partial charge in [-0.05, 0) is 31.7 Å². The van der Waals surface area contributed by atoms with Gasteiger partial charge in [0.05, 0.1) is 11.8 Å². The van der Waals surface area contributed by atoms with E-state index in [1.54, 1.807) is 0 Å². The summed E-state index contributed by atoms with van der Waals surface area (Å²) in [5.41, 5.74) is 0.171. The Hall–Kier alpha value is -1.16. The minimum absolute atomic E-state index is 0.0761. The largest absolute Gasteiger partial charge is 0.336 e. The lowest BCUT2D eigenvalue weighted by Crippen LogP contribution is -2.43. The number of likely N-dealkylation sites (tertiary alicyclic amines) is 1. The molecule has 5 heteroatoms. The van der Waals surface area contributed by atoms with Gasteiger partial charge in [0, 0.05) is 12.6 Å². The number of hydrogen-bond donors (Lipinski definition) is 0. The van der Waals surface area contributed by atoms with Crippen molar-refractivity contribution in [3.8, 4) is 0 Å². The molecule has 0 aromatic carbocycles. The fourth-order valence-electron chi connectivity index (χ4n) is 2.63. The molecule has 1 aliphatic heterocycles. The lowest BCUT2D eigenvalue weighted by molar-refractivity contribution is 0.0600. The highest BCUT2D eigenvalue weighted by Gasteiger charge is 2.28. The van der Waals surface area contributed by atoms with Crippen LogP contribution in [0.4, 0.5) is 4.39 Å². The van der Waals surface area contributed by atoms with Gasteiger partial charge in [0.1, 0.15) is 11.0 Å². The predicted molar refractivity (Wildman–Crippen MR) is 72.8 cm³/mol. The molecule has 0 N–H and O–H groups in total. The molecular weight excluding hydrogens is 267 g/mol. The number of halogens is 2. The number of carbonyl (C=O) groups is 1. The van der Waals surface area contributed by atoms with Gasteiger partial charge in [0.15, 0.2) is 0 Å². The summed E-state index contributed by atoms with van der Waals surface area (Å²) in [7, 11) is 0. The molecule has 1 saturated heterocycles. The summed E-state index contributed by atoms with van der Waals surface area (Å²) in [6.45, 7) is 2.82. The van der Waals surface area contributed by atoms with E-state index < -0.39 is 5.82 Å². The minimum atomic E-state index is -0.531. The van der Waals surface area contributed by atoms with Crippen LogP contribution in [0.5, 0.6) is 0 Å². The average molecular weight is 285 g/mol. The molecule has 0 spiro atoms. The van der Waals surface area contributed by atoms with Gasteiger partial charge in [-0.2, -0.15) is 0 Å². The van der Waals surface area contributed by atoms with E-state index in [1.807, 2.05) is 4.90 Å². The van der Waals surface area contributed by atoms with E-state index in [9.17, 15) is 9.18 Å². The molecule has 3 nitrogen and oxygen atoms in total. The van der Waals surface area contributed by atoms with Gasteiger partial charge in [0.25, 0.3) is 5.91 Å². The highest BCUT2D eigenvalue weighted by molar-refractivity contribution is 6.32. The van der Waals surface area contributed by atoms with E-state index in [4.69, 9.17) is 11.6 Å². The zero-order valence-corrected chi connectivity index (χ0v) is 11.8. The van der Waals surface area contributed by atoms with Crippen molar-refractivity contribution in [2.75, 3.05) is 6.54 Å². The van der Waals surface area contributed by atoms with Crippen molar-refractivity contribution in [2.24, 2.45) is 0 Å². The second kappa shape index (κ2) is 6.33. The molecular formula is C14H18ClFN2O. The van der Waals surface area contributed by atoms with Crippen LogP contribution in [0, 0.1) is 5.82 Å². The third-order valence-corrected chi connectivity index (χ3v) is 3.85. The summed E-state index contributed by atoms with van der Waals surface area (Å²) in [5.74, 6) is -0.730. The van der Waals surface area contributed by atoms with Crippen LogP contribution in [0.3, 0.4) is 0 Å². The van der Waals surface area contributed by atoms with E-state index in [0.29, 0.717) is 0 Å². The summed E-state index contributed by atoms with van der Waals surface area (Å²) in [6, 6.07) is 1.42. The van der Waals surface area contributed by atoms with Crippen LogP contribution in [0.15, 0.2) is 12.3 Å². The van der Waals surface area contributed by atoms with Crippen LogP contribution in [0.1, 0.15) is 49.4 Å². The first kappa shape index (κ1) is 14.3. The molecule has 0 saturated carbocycles. The summed E-state index contributed by atoms with van der Waals surface area (Å²) in [5, 5.41) is 0.0761. The Morgan fingerprint density at radius 1 is 1.58 bits per heavy atom. The molecule has 2 heterocycles. The Kier molecular flexibility index (Phi) is 4.75. The Morgan fingerprint density at radius 2 is 2.37 bits per heavy atom. The second-order valence-electron chi connectivity index (χ2n) is 4.93. The fraction of sp³-hybridized carbons (Fsp3) is 0.571. The van der Waals surface area contributed by atoms with Gasteiger partial charge in [-0.1, -0.05) is 24.9 Å². The number of aromatic nitrogens is 1. The van der Waals surface area contributed by atoms with E-state index in [1.165, 1.54) is 6.07 Å². The van der Waals surface area contributed by atoms with Crippen molar-refractivity contribution in [2.45, 2.75) is 45.1 Å². The Labute approximate surface area is 117 Å². The molecule has 0 aliphatic carbocycles. The highest BCUT2D eigenvalue weighted by atomic mass is 35.5. The van der Waals surface area contributed by atoms with Crippen LogP contribution in [0.25, 0.3) is 0 Å². The number of hydrogen-bond acceptors (Lipinski definition) is 2. The first-order chi connectivity index (χ1) is 9.13. The normalized spacial score (nSPS) is 19.5. The third-order valence-electron chi connectivity index (χ3n) is 3.55. The zero-order valence-electron chi connectivity index (χ0n) is 11.0. The zero-order chi connectivity index (χ0) is 13.8. The molecule has 1 fully saturated rings. The molecule has 104 valence electrons. The number of carbonyl (C=O) groups excluding carboxylic acids is 1. The van der Waals surface area contributed by atoms with Crippen LogP contribution in [-0.2, 0) is 0 Å². The molecule has 1 aliphatic rings. The monoisotopic (exact) mass is 284 g/mol. The summed E-state index contributed by atoms with van der Waals surface area (Å²) >= 11 is 5.91. The SMILES string of the molecule is CCCC1CCCCN1C(=O)c1cc(F)cnc1Cl. The fourth-order valence-corrected chi connectivity index (χ4v) is 2.81. The molecule has 1 amide bonds. The smallest absolute Gasteiger partial charge is 0.257 e. The van der Waals surface area contributed by atoms with Gasteiger partial charge in [-0.15, -0.1) is 0 Å². The van der Waals surface area contributed by atoms with Crippen molar-refractivity contribution in [3.63, 3.8) is 0 Å². The lowest BCUT2D eigenvalue weighted by atomic mass is 9.97. The lowest BCUT2D eigenvalue weighted by Gasteiger charge is -2.36. The number of pyridine rings is 1. The van der Waals surface area contributed by atoms with E-state index in [0.717, 1.165) is 44.8 Å². The predicted octanol–water partition coefficient (Wildman–Crippen LogP) is 3.67. The van der Waals surface area contributed by atoms with Crippen molar-refractivity contribution in [1.29, 1.82) is 0 Å². The van der Waals surface area contributed by atoms with Gasteiger partial charge in [0.2, 0.25) is 0 Å². The molecule has 1 aromatic rings. The summed E-state index contributed by atoms with van der Waals surface area (Å²) in [6.07, 6.45) is 6.18. The Bertz CT molecular complexity index is 465. The molecule has 1 unspecified atom stereocenters. The maximum absolute atomic E-state index is 13.2. The maximum atomic E-state index is 13.2. The molecule has 1 atom stereocenters. The van der Waals surface area contributed by atoms with Crippen molar-refractivity contribution >= 4 is 17.5 Å². The molecule has 0 bridgehead atoms. The molecule has 2 rings (SSSR count). The number of piperidine rings is 1. The summed E-state index contributed by atoms with van der Waals surface area (Å²) in [4.78, 5) is 18.0. The number of amides is 1. The number of nitrogens with zero attached hydrogens (tertiary/aromatic N) is 2. The highest BCUT2D eigenvalue weighted by Crippen LogP contribution is 2.25. The second-order valence-corrected chi connectivity index (χ2v) is 5.29. The summed E-state index contributed by atoms with van der Waals surface area (Å²) < 4.78 is 13.2.